The highest BCUT2D eigenvalue weighted by Gasteiger charge is 2.23. The van der Waals surface area contributed by atoms with Gasteiger partial charge < -0.3 is 24.6 Å². The number of esters is 1. The molecular weight excluding hydrogens is 428 g/mol. The summed E-state index contributed by atoms with van der Waals surface area (Å²) in [5.74, 6) is 0.424. The topological polar surface area (TPSA) is 66.9 Å². The van der Waals surface area contributed by atoms with Crippen LogP contribution < -0.4 is 15.0 Å². The Morgan fingerprint density at radius 2 is 1.85 bits per heavy atom. The molecule has 0 bridgehead atoms. The van der Waals surface area contributed by atoms with E-state index in [1.54, 1.807) is 6.20 Å². The molecule has 0 amide bonds. The molecule has 1 N–H and O–H groups in total. The molecule has 7 nitrogen and oxygen atoms in total. The number of carbonyl (C=O) groups excluding carboxylic acids is 1. The largest absolute Gasteiger partial charge is 0.492 e. The Morgan fingerprint density at radius 3 is 2.56 bits per heavy atom. The lowest BCUT2D eigenvalue weighted by Gasteiger charge is -2.35. The van der Waals surface area contributed by atoms with Gasteiger partial charge in [-0.15, -0.1) is 0 Å². The smallest absolute Gasteiger partial charge is 0.341 e. The van der Waals surface area contributed by atoms with E-state index in [4.69, 9.17) is 9.47 Å². The van der Waals surface area contributed by atoms with Crippen LogP contribution in [0.3, 0.4) is 0 Å². The summed E-state index contributed by atoms with van der Waals surface area (Å²) in [6.07, 6.45) is 1.60. The van der Waals surface area contributed by atoms with Crippen molar-refractivity contribution in [2.75, 3.05) is 56.7 Å². The predicted molar refractivity (Wildman–Crippen MR) is 138 cm³/mol. The fourth-order valence-corrected chi connectivity index (χ4v) is 4.29. The molecule has 1 fully saturated rings. The molecule has 2 heterocycles. The quantitative estimate of drug-likeness (QED) is 0.500. The first-order chi connectivity index (χ1) is 16.4. The van der Waals surface area contributed by atoms with Crippen LogP contribution in [0.2, 0.25) is 0 Å². The lowest BCUT2D eigenvalue weighted by atomic mass is 10.0. The Morgan fingerprint density at radius 1 is 1.09 bits per heavy atom. The van der Waals surface area contributed by atoms with Gasteiger partial charge in [-0.05, 0) is 58.0 Å². The molecule has 0 aliphatic carbocycles. The predicted octanol–water partition coefficient (Wildman–Crippen LogP) is 4.92. The summed E-state index contributed by atoms with van der Waals surface area (Å²) in [5, 5.41) is 4.41. The average Bonchev–Trinajstić information content (AvgIpc) is 2.82. The van der Waals surface area contributed by atoms with Crippen molar-refractivity contribution in [1.29, 1.82) is 0 Å². The molecular formula is C27H34N4O3. The summed E-state index contributed by atoms with van der Waals surface area (Å²) in [6, 6.07) is 10.2. The minimum atomic E-state index is -0.389. The van der Waals surface area contributed by atoms with E-state index in [1.165, 1.54) is 5.56 Å². The van der Waals surface area contributed by atoms with E-state index in [-0.39, 0.29) is 5.97 Å². The summed E-state index contributed by atoms with van der Waals surface area (Å²) in [6.45, 7) is 12.6. The van der Waals surface area contributed by atoms with Crippen LogP contribution in [0.15, 0.2) is 36.5 Å². The highest BCUT2D eigenvalue weighted by molar-refractivity contribution is 6.07. The van der Waals surface area contributed by atoms with Gasteiger partial charge in [0.2, 0.25) is 0 Å². The van der Waals surface area contributed by atoms with Crippen LogP contribution >= 0.6 is 0 Å². The third-order valence-electron chi connectivity index (χ3n) is 6.45. The van der Waals surface area contributed by atoms with Gasteiger partial charge in [0.1, 0.15) is 11.3 Å². The molecule has 0 spiro atoms. The van der Waals surface area contributed by atoms with Gasteiger partial charge in [-0.2, -0.15) is 0 Å². The Labute approximate surface area is 201 Å². The van der Waals surface area contributed by atoms with E-state index in [2.05, 4.69) is 53.1 Å². The Hall–Kier alpha value is -3.32. The molecule has 1 aliphatic rings. The van der Waals surface area contributed by atoms with E-state index in [0.29, 0.717) is 24.5 Å². The number of nitrogens with one attached hydrogen (secondary N) is 1. The first kappa shape index (κ1) is 23.8. The van der Waals surface area contributed by atoms with Crippen molar-refractivity contribution in [2.45, 2.75) is 27.7 Å². The van der Waals surface area contributed by atoms with Gasteiger partial charge in [0, 0.05) is 49.5 Å². The summed E-state index contributed by atoms with van der Waals surface area (Å²) < 4.78 is 11.4. The normalized spacial score (nSPS) is 14.3. The molecule has 0 saturated carbocycles. The summed E-state index contributed by atoms with van der Waals surface area (Å²) in [4.78, 5) is 22.2. The molecule has 2 aromatic carbocycles. The van der Waals surface area contributed by atoms with Gasteiger partial charge in [-0.25, -0.2) is 4.79 Å². The van der Waals surface area contributed by atoms with Crippen LogP contribution in [0.5, 0.6) is 5.75 Å². The zero-order chi connectivity index (χ0) is 24.2. The van der Waals surface area contributed by atoms with E-state index in [9.17, 15) is 4.79 Å². The summed E-state index contributed by atoms with van der Waals surface area (Å²) >= 11 is 0. The number of rotatable bonds is 7. The number of fused-ring (bicyclic) bond motifs is 1. The van der Waals surface area contributed by atoms with E-state index in [1.807, 2.05) is 32.0 Å². The number of aryl methyl sites for hydroxylation is 1. The number of piperazine rings is 1. The molecule has 0 radical (unpaired) electrons. The van der Waals surface area contributed by atoms with Gasteiger partial charge in [0.05, 0.1) is 30.1 Å². The lowest BCUT2D eigenvalue weighted by Crippen LogP contribution is -2.44. The highest BCUT2D eigenvalue weighted by atomic mass is 16.5. The van der Waals surface area contributed by atoms with Crippen molar-refractivity contribution in [3.05, 3.63) is 53.2 Å². The standard InChI is InChI=1S/C27H34N4O3/c1-6-33-25-16-23-20(15-24(25)31-13-11-30(5)12-14-31)26(21(17-28-23)27(32)34-7-2)29-22-10-8-9-18(3)19(22)4/h8-10,15-17H,6-7,11-14H2,1-5H3,(H,28,29). The zero-order valence-electron chi connectivity index (χ0n) is 20.8. The first-order valence-corrected chi connectivity index (χ1v) is 12.0. The summed E-state index contributed by atoms with van der Waals surface area (Å²) in [7, 11) is 2.14. The molecule has 180 valence electrons. The molecule has 4 rings (SSSR count). The van der Waals surface area contributed by atoms with Crippen molar-refractivity contribution in [3.63, 3.8) is 0 Å². The number of benzene rings is 2. The molecule has 1 aromatic heterocycles. The van der Waals surface area contributed by atoms with Gasteiger partial charge in [0.15, 0.2) is 0 Å². The van der Waals surface area contributed by atoms with Gasteiger partial charge in [-0.3, -0.25) is 4.98 Å². The van der Waals surface area contributed by atoms with E-state index in [0.717, 1.165) is 59.8 Å². The number of aromatic nitrogens is 1. The van der Waals surface area contributed by atoms with Crippen molar-refractivity contribution < 1.29 is 14.3 Å². The second-order valence-corrected chi connectivity index (χ2v) is 8.70. The monoisotopic (exact) mass is 462 g/mol. The number of likely N-dealkylation sites (N-methyl/N-ethyl adjacent to an activating group) is 1. The molecule has 0 atom stereocenters. The first-order valence-electron chi connectivity index (χ1n) is 12.0. The Kier molecular flexibility index (Phi) is 7.22. The minimum Gasteiger partial charge on any atom is -0.492 e. The number of hydrogen-bond acceptors (Lipinski definition) is 7. The SMILES string of the molecule is CCOC(=O)c1cnc2cc(OCC)c(N3CCN(C)CC3)cc2c1Nc1cccc(C)c1C. The molecule has 0 unspecified atom stereocenters. The fourth-order valence-electron chi connectivity index (χ4n) is 4.29. The van der Waals surface area contributed by atoms with Crippen LogP contribution in [0.25, 0.3) is 10.9 Å². The number of nitrogens with zero attached hydrogens (tertiary/aromatic N) is 3. The second kappa shape index (κ2) is 10.3. The molecule has 1 saturated heterocycles. The fraction of sp³-hybridized carbons (Fsp3) is 0.407. The van der Waals surface area contributed by atoms with E-state index >= 15 is 0 Å². The molecule has 1 aliphatic heterocycles. The van der Waals surface area contributed by atoms with Crippen LogP contribution in [-0.2, 0) is 4.74 Å². The summed E-state index contributed by atoms with van der Waals surface area (Å²) in [5.41, 5.74) is 6.18. The zero-order valence-corrected chi connectivity index (χ0v) is 20.8. The maximum Gasteiger partial charge on any atom is 0.341 e. The van der Waals surface area contributed by atoms with E-state index < -0.39 is 0 Å². The van der Waals surface area contributed by atoms with Crippen LogP contribution in [0.1, 0.15) is 35.3 Å². The highest BCUT2D eigenvalue weighted by Crippen LogP contribution is 2.39. The van der Waals surface area contributed by atoms with Crippen molar-refractivity contribution in [2.24, 2.45) is 0 Å². The van der Waals surface area contributed by atoms with Crippen LogP contribution in [0, 0.1) is 13.8 Å². The lowest BCUT2D eigenvalue weighted by molar-refractivity contribution is 0.0527. The molecule has 34 heavy (non-hydrogen) atoms. The average molecular weight is 463 g/mol. The van der Waals surface area contributed by atoms with Crippen molar-refractivity contribution in [1.82, 2.24) is 9.88 Å². The Bertz CT molecular complexity index is 1190. The van der Waals surface area contributed by atoms with Crippen molar-refractivity contribution >= 4 is 33.9 Å². The third-order valence-corrected chi connectivity index (χ3v) is 6.45. The molecule has 3 aromatic rings. The minimum absolute atomic E-state index is 0.301. The van der Waals surface area contributed by atoms with Gasteiger partial charge in [0.25, 0.3) is 0 Å². The maximum absolute atomic E-state index is 12.9. The number of hydrogen-bond donors (Lipinski definition) is 1. The maximum atomic E-state index is 12.9. The third kappa shape index (κ3) is 4.80. The van der Waals surface area contributed by atoms with Crippen molar-refractivity contribution in [3.8, 4) is 5.75 Å². The second-order valence-electron chi connectivity index (χ2n) is 8.70. The number of ether oxygens (including phenoxy) is 2. The number of anilines is 3. The van der Waals surface area contributed by atoms with Crippen LogP contribution in [0.4, 0.5) is 17.1 Å². The number of pyridine rings is 1. The van der Waals surface area contributed by atoms with Gasteiger partial charge >= 0.3 is 5.97 Å². The van der Waals surface area contributed by atoms with Gasteiger partial charge in [-0.1, -0.05) is 12.1 Å². The molecule has 7 heteroatoms. The number of carbonyl (C=O) groups is 1. The Balaban J connectivity index is 1.90. The van der Waals surface area contributed by atoms with Crippen LogP contribution in [-0.4, -0.2) is 62.3 Å².